The molecule has 1 atom stereocenters. The van der Waals surface area contributed by atoms with Crippen molar-refractivity contribution in [1.29, 1.82) is 0 Å². The highest BCUT2D eigenvalue weighted by Gasteiger charge is 2.26. The minimum Gasteiger partial charge on any atom is -0.493 e. The van der Waals surface area contributed by atoms with E-state index in [1.165, 1.54) is 25.3 Å². The summed E-state index contributed by atoms with van der Waals surface area (Å²) in [5.74, 6) is -0.233. The molecule has 0 spiro atoms. The van der Waals surface area contributed by atoms with Gasteiger partial charge >= 0.3 is 6.61 Å². The topological polar surface area (TPSA) is 48.0 Å². The van der Waals surface area contributed by atoms with Gasteiger partial charge in [0.1, 0.15) is 6.10 Å². The Balaban J connectivity index is 1.76. The van der Waals surface area contributed by atoms with Gasteiger partial charge in [-0.25, -0.2) is 0 Å². The molecule has 1 fully saturated rings. The van der Waals surface area contributed by atoms with Gasteiger partial charge in [-0.3, -0.25) is 4.79 Å². The fourth-order valence-electron chi connectivity index (χ4n) is 2.88. The third-order valence-electron chi connectivity index (χ3n) is 4.15. The molecule has 0 saturated carbocycles. The molecule has 0 aromatic heterocycles. The first-order valence-electron chi connectivity index (χ1n) is 8.17. The summed E-state index contributed by atoms with van der Waals surface area (Å²) < 4.78 is 40.1. The molecule has 0 aliphatic carbocycles. The van der Waals surface area contributed by atoms with Crippen LogP contribution in [0.1, 0.15) is 22.0 Å². The van der Waals surface area contributed by atoms with Gasteiger partial charge < -0.3 is 19.1 Å². The van der Waals surface area contributed by atoms with Crippen LogP contribution in [0.3, 0.4) is 0 Å². The molecule has 1 aliphatic heterocycles. The average molecular weight is 363 g/mol. The summed E-state index contributed by atoms with van der Waals surface area (Å²) in [5, 5.41) is 0. The predicted molar refractivity (Wildman–Crippen MR) is 90.7 cm³/mol. The minimum atomic E-state index is -2.96. The third-order valence-corrected chi connectivity index (χ3v) is 4.15. The Hall–Kier alpha value is -2.67. The lowest BCUT2D eigenvalue weighted by Gasteiger charge is -2.33. The highest BCUT2D eigenvalue weighted by Crippen LogP contribution is 2.30. The van der Waals surface area contributed by atoms with Crippen LogP contribution in [-0.2, 0) is 4.74 Å². The van der Waals surface area contributed by atoms with Crippen LogP contribution in [0.25, 0.3) is 0 Å². The lowest BCUT2D eigenvalue weighted by molar-refractivity contribution is -0.0512. The molecule has 1 unspecified atom stereocenters. The second-order valence-electron chi connectivity index (χ2n) is 5.77. The largest absolute Gasteiger partial charge is 0.493 e. The summed E-state index contributed by atoms with van der Waals surface area (Å²) in [6, 6.07) is 13.9. The fraction of sp³-hybridized carbons (Fsp3) is 0.316. The average Bonchev–Trinajstić information content (AvgIpc) is 2.68. The van der Waals surface area contributed by atoms with E-state index in [-0.39, 0.29) is 23.5 Å². The van der Waals surface area contributed by atoms with Crippen LogP contribution in [0.4, 0.5) is 8.78 Å². The molecule has 0 bridgehead atoms. The monoisotopic (exact) mass is 363 g/mol. The number of nitrogens with zero attached hydrogens (tertiary/aromatic N) is 1. The van der Waals surface area contributed by atoms with Gasteiger partial charge in [-0.2, -0.15) is 8.78 Å². The van der Waals surface area contributed by atoms with Crippen LogP contribution in [0.15, 0.2) is 48.5 Å². The molecular formula is C19H19F2NO4. The quantitative estimate of drug-likeness (QED) is 0.816. The number of ether oxygens (including phenoxy) is 3. The van der Waals surface area contributed by atoms with Crippen LogP contribution in [0.2, 0.25) is 0 Å². The van der Waals surface area contributed by atoms with Gasteiger partial charge in [-0.15, -0.1) is 0 Å². The molecule has 7 heteroatoms. The van der Waals surface area contributed by atoms with Crippen LogP contribution < -0.4 is 9.47 Å². The van der Waals surface area contributed by atoms with E-state index in [9.17, 15) is 13.6 Å². The number of amides is 1. The van der Waals surface area contributed by atoms with E-state index in [1.54, 1.807) is 4.90 Å². The van der Waals surface area contributed by atoms with Crippen molar-refractivity contribution in [2.45, 2.75) is 12.7 Å². The maximum Gasteiger partial charge on any atom is 0.387 e. The van der Waals surface area contributed by atoms with Crippen molar-refractivity contribution < 1.29 is 27.8 Å². The predicted octanol–water partition coefficient (Wildman–Crippen LogP) is 3.51. The number of hydrogen-bond acceptors (Lipinski definition) is 4. The number of alkyl halides is 2. The van der Waals surface area contributed by atoms with Crippen LogP contribution >= 0.6 is 0 Å². The van der Waals surface area contributed by atoms with E-state index in [0.717, 1.165) is 5.56 Å². The molecule has 26 heavy (non-hydrogen) atoms. The Morgan fingerprint density at radius 1 is 1.19 bits per heavy atom. The Morgan fingerprint density at radius 2 is 1.96 bits per heavy atom. The van der Waals surface area contributed by atoms with E-state index >= 15 is 0 Å². The zero-order chi connectivity index (χ0) is 18.5. The first-order valence-corrected chi connectivity index (χ1v) is 8.17. The summed E-state index contributed by atoms with van der Waals surface area (Å²) in [5.41, 5.74) is 1.35. The second-order valence-corrected chi connectivity index (χ2v) is 5.77. The smallest absolute Gasteiger partial charge is 0.387 e. The van der Waals surface area contributed by atoms with Gasteiger partial charge in [-0.05, 0) is 23.8 Å². The van der Waals surface area contributed by atoms with E-state index in [0.29, 0.717) is 25.3 Å². The highest BCUT2D eigenvalue weighted by atomic mass is 19.3. The fourth-order valence-corrected chi connectivity index (χ4v) is 2.88. The first-order chi connectivity index (χ1) is 12.6. The lowest BCUT2D eigenvalue weighted by Crippen LogP contribution is -2.42. The van der Waals surface area contributed by atoms with Crippen molar-refractivity contribution in [3.05, 3.63) is 59.7 Å². The summed E-state index contributed by atoms with van der Waals surface area (Å²) in [6.07, 6.45) is -0.197. The van der Waals surface area contributed by atoms with Gasteiger partial charge in [-0.1, -0.05) is 30.3 Å². The molecule has 2 aromatic carbocycles. The van der Waals surface area contributed by atoms with Crippen molar-refractivity contribution in [2.75, 3.05) is 26.8 Å². The molecule has 3 rings (SSSR count). The van der Waals surface area contributed by atoms with E-state index in [4.69, 9.17) is 9.47 Å². The van der Waals surface area contributed by atoms with Crippen molar-refractivity contribution >= 4 is 5.91 Å². The maximum atomic E-state index is 12.8. The molecular weight excluding hydrogens is 344 g/mol. The Morgan fingerprint density at radius 3 is 2.65 bits per heavy atom. The SMILES string of the molecule is COc1cc(C(=O)N2CCOC(c3ccccc3)C2)ccc1OC(F)F. The van der Waals surface area contributed by atoms with Gasteiger partial charge in [0.25, 0.3) is 5.91 Å². The number of carbonyl (C=O) groups is 1. The van der Waals surface area contributed by atoms with E-state index in [1.807, 2.05) is 30.3 Å². The Bertz CT molecular complexity index is 754. The summed E-state index contributed by atoms with van der Waals surface area (Å²) in [7, 11) is 1.34. The molecule has 5 nitrogen and oxygen atoms in total. The van der Waals surface area contributed by atoms with Crippen LogP contribution in [0, 0.1) is 0 Å². The molecule has 0 N–H and O–H groups in total. The highest BCUT2D eigenvalue weighted by molar-refractivity contribution is 5.95. The van der Waals surface area contributed by atoms with Crippen molar-refractivity contribution in [3.63, 3.8) is 0 Å². The maximum absolute atomic E-state index is 12.8. The van der Waals surface area contributed by atoms with Crippen LogP contribution in [0.5, 0.6) is 11.5 Å². The molecule has 1 amide bonds. The van der Waals surface area contributed by atoms with Crippen molar-refractivity contribution in [2.24, 2.45) is 0 Å². The molecule has 2 aromatic rings. The number of halogens is 2. The molecule has 1 saturated heterocycles. The Labute approximate surface area is 150 Å². The standard InChI is InChI=1S/C19H19F2NO4/c1-24-16-11-14(7-8-15(16)26-19(20)21)18(23)22-9-10-25-17(12-22)13-5-3-2-4-6-13/h2-8,11,17,19H,9-10,12H2,1H3. The van der Waals surface area contributed by atoms with E-state index in [2.05, 4.69) is 4.74 Å². The minimum absolute atomic E-state index is 0.0871. The van der Waals surface area contributed by atoms with Crippen molar-refractivity contribution in [1.82, 2.24) is 4.90 Å². The Kier molecular flexibility index (Phi) is 5.68. The lowest BCUT2D eigenvalue weighted by atomic mass is 10.1. The van der Waals surface area contributed by atoms with Gasteiger partial charge in [0.05, 0.1) is 20.3 Å². The normalized spacial score (nSPS) is 17.2. The molecule has 138 valence electrons. The zero-order valence-corrected chi connectivity index (χ0v) is 14.2. The van der Waals surface area contributed by atoms with Gasteiger partial charge in [0.15, 0.2) is 11.5 Å². The number of carbonyl (C=O) groups excluding carboxylic acids is 1. The van der Waals surface area contributed by atoms with Crippen molar-refractivity contribution in [3.8, 4) is 11.5 Å². The molecule has 0 radical (unpaired) electrons. The second kappa shape index (κ2) is 8.14. The molecule has 1 heterocycles. The number of benzene rings is 2. The number of hydrogen-bond donors (Lipinski definition) is 0. The first kappa shape index (κ1) is 18.1. The number of morpholine rings is 1. The summed E-state index contributed by atoms with van der Waals surface area (Å²) >= 11 is 0. The number of methoxy groups -OCH3 is 1. The van der Waals surface area contributed by atoms with Crippen LogP contribution in [-0.4, -0.2) is 44.2 Å². The zero-order valence-electron chi connectivity index (χ0n) is 14.2. The summed E-state index contributed by atoms with van der Waals surface area (Å²) in [6.45, 7) is -1.66. The third kappa shape index (κ3) is 4.11. The summed E-state index contributed by atoms with van der Waals surface area (Å²) in [4.78, 5) is 14.5. The van der Waals surface area contributed by atoms with Gasteiger partial charge in [0, 0.05) is 12.1 Å². The van der Waals surface area contributed by atoms with Gasteiger partial charge in [0.2, 0.25) is 0 Å². The number of rotatable bonds is 5. The van der Waals surface area contributed by atoms with E-state index < -0.39 is 6.61 Å². The molecule has 1 aliphatic rings.